The number of allylic oxidation sites excluding steroid dienone is 2. The number of hydrogen-bond donors (Lipinski definition) is 0. The fraction of sp³-hybridized carbons (Fsp3) is 0.360. The summed E-state index contributed by atoms with van der Waals surface area (Å²) in [5.41, 5.74) is 5.58. The van der Waals surface area contributed by atoms with Gasteiger partial charge in [0.15, 0.2) is 11.6 Å². The van der Waals surface area contributed by atoms with E-state index in [-0.39, 0.29) is 11.6 Å². The van der Waals surface area contributed by atoms with Gasteiger partial charge in [-0.25, -0.2) is 4.39 Å². The standard InChI is InChI=1S/C25H27FO2/c1-4-5-6-7-10-23-21(19-12-15-24(26)25(17-19)28-3)11-8-9-18-16-20(27-2)13-14-22(18)23/h12-17H,4-6,8-9,11H2,1-3H3. The quantitative estimate of drug-likeness (QED) is 0.450. The molecule has 0 radical (unpaired) electrons. The van der Waals surface area contributed by atoms with Crippen molar-refractivity contribution in [2.24, 2.45) is 0 Å². The average Bonchev–Trinajstić information content (AvgIpc) is 2.90. The molecule has 0 aromatic heterocycles. The fourth-order valence-corrected chi connectivity index (χ4v) is 3.59. The highest BCUT2D eigenvalue weighted by atomic mass is 19.1. The highest BCUT2D eigenvalue weighted by molar-refractivity contribution is 5.99. The van der Waals surface area contributed by atoms with Crippen molar-refractivity contribution in [1.82, 2.24) is 0 Å². The molecule has 1 aliphatic carbocycles. The molecular weight excluding hydrogens is 351 g/mol. The highest BCUT2D eigenvalue weighted by Gasteiger charge is 2.19. The zero-order valence-electron chi connectivity index (χ0n) is 16.9. The average molecular weight is 378 g/mol. The van der Waals surface area contributed by atoms with Gasteiger partial charge >= 0.3 is 0 Å². The number of fused-ring (bicyclic) bond motifs is 1. The van der Waals surface area contributed by atoms with Crippen molar-refractivity contribution in [3.63, 3.8) is 0 Å². The Hall–Kier alpha value is -2.73. The van der Waals surface area contributed by atoms with Gasteiger partial charge in [-0.15, -0.1) is 0 Å². The molecule has 0 aliphatic heterocycles. The second-order valence-corrected chi connectivity index (χ2v) is 6.98. The zero-order chi connectivity index (χ0) is 19.9. The van der Waals surface area contributed by atoms with Crippen LogP contribution in [-0.2, 0) is 6.42 Å². The van der Waals surface area contributed by atoms with Crippen LogP contribution in [0.5, 0.6) is 11.5 Å². The minimum absolute atomic E-state index is 0.266. The SMILES string of the molecule is CCCCC#CC1=C(c2ccc(F)c(OC)c2)CCCc2cc(OC)ccc21. The van der Waals surface area contributed by atoms with E-state index in [4.69, 9.17) is 9.47 Å². The molecule has 1 aliphatic rings. The van der Waals surface area contributed by atoms with Crippen molar-refractivity contribution < 1.29 is 13.9 Å². The number of ether oxygens (including phenoxy) is 2. The van der Waals surface area contributed by atoms with Gasteiger partial charge in [0, 0.05) is 12.0 Å². The first kappa shape index (κ1) is 20.0. The van der Waals surface area contributed by atoms with Gasteiger partial charge in [0.1, 0.15) is 5.75 Å². The second-order valence-electron chi connectivity index (χ2n) is 6.98. The number of halogens is 1. The summed E-state index contributed by atoms with van der Waals surface area (Å²) in [6.07, 6.45) is 5.97. The molecule has 2 aromatic carbocycles. The Kier molecular flexibility index (Phi) is 6.76. The van der Waals surface area contributed by atoms with Crippen LogP contribution in [0.25, 0.3) is 11.1 Å². The largest absolute Gasteiger partial charge is 0.497 e. The fourth-order valence-electron chi connectivity index (χ4n) is 3.59. The maximum Gasteiger partial charge on any atom is 0.165 e. The molecule has 0 amide bonds. The molecule has 0 N–H and O–H groups in total. The summed E-state index contributed by atoms with van der Waals surface area (Å²) >= 11 is 0. The monoisotopic (exact) mass is 378 g/mol. The van der Waals surface area contributed by atoms with Gasteiger partial charge in [0.25, 0.3) is 0 Å². The first-order valence-corrected chi connectivity index (χ1v) is 9.91. The lowest BCUT2D eigenvalue weighted by atomic mass is 9.92. The normalized spacial score (nSPS) is 13.3. The van der Waals surface area contributed by atoms with E-state index in [1.807, 2.05) is 12.1 Å². The maximum atomic E-state index is 13.9. The van der Waals surface area contributed by atoms with Crippen molar-refractivity contribution in [2.75, 3.05) is 14.2 Å². The Labute approximate surface area is 167 Å². The van der Waals surface area contributed by atoms with Crippen molar-refractivity contribution in [3.05, 3.63) is 58.9 Å². The summed E-state index contributed by atoms with van der Waals surface area (Å²) in [4.78, 5) is 0. The summed E-state index contributed by atoms with van der Waals surface area (Å²) in [6.45, 7) is 2.17. The Morgan fingerprint density at radius 1 is 1.04 bits per heavy atom. The third-order valence-corrected chi connectivity index (χ3v) is 5.12. The number of benzene rings is 2. The maximum absolute atomic E-state index is 13.9. The molecule has 0 saturated carbocycles. The Morgan fingerprint density at radius 3 is 2.64 bits per heavy atom. The van der Waals surface area contributed by atoms with Crippen LogP contribution in [0.15, 0.2) is 36.4 Å². The molecule has 0 heterocycles. The van der Waals surface area contributed by atoms with Crippen LogP contribution in [0, 0.1) is 17.7 Å². The molecule has 0 unspecified atom stereocenters. The third kappa shape index (κ3) is 4.39. The van der Waals surface area contributed by atoms with E-state index in [1.165, 1.54) is 18.7 Å². The number of methoxy groups -OCH3 is 2. The minimum Gasteiger partial charge on any atom is -0.497 e. The van der Waals surface area contributed by atoms with Crippen LogP contribution in [-0.4, -0.2) is 14.2 Å². The van der Waals surface area contributed by atoms with E-state index in [0.29, 0.717) is 0 Å². The molecule has 0 saturated heterocycles. The number of aryl methyl sites for hydroxylation is 1. The molecule has 3 heteroatoms. The van der Waals surface area contributed by atoms with Gasteiger partial charge in [0.05, 0.1) is 14.2 Å². The highest BCUT2D eigenvalue weighted by Crippen LogP contribution is 2.38. The lowest BCUT2D eigenvalue weighted by Crippen LogP contribution is -1.95. The summed E-state index contributed by atoms with van der Waals surface area (Å²) in [5.74, 6) is 7.58. The molecule has 0 atom stereocenters. The first-order chi connectivity index (χ1) is 13.7. The van der Waals surface area contributed by atoms with Crippen molar-refractivity contribution in [1.29, 1.82) is 0 Å². The molecule has 2 aromatic rings. The number of unbranched alkanes of at least 4 members (excludes halogenated alkanes) is 2. The van der Waals surface area contributed by atoms with Gasteiger partial charge in [-0.1, -0.05) is 31.3 Å². The summed E-state index contributed by atoms with van der Waals surface area (Å²) in [7, 11) is 3.19. The molecule has 28 heavy (non-hydrogen) atoms. The zero-order valence-corrected chi connectivity index (χ0v) is 16.9. The Morgan fingerprint density at radius 2 is 1.89 bits per heavy atom. The molecule has 2 nitrogen and oxygen atoms in total. The van der Waals surface area contributed by atoms with Crippen LogP contribution in [0.3, 0.4) is 0 Å². The number of hydrogen-bond acceptors (Lipinski definition) is 2. The lowest BCUT2D eigenvalue weighted by molar-refractivity contribution is 0.386. The van der Waals surface area contributed by atoms with E-state index >= 15 is 0 Å². The molecule has 146 valence electrons. The molecule has 3 rings (SSSR count). The van der Waals surface area contributed by atoms with Crippen molar-refractivity contribution in [2.45, 2.75) is 45.4 Å². The van der Waals surface area contributed by atoms with Crippen LogP contribution < -0.4 is 9.47 Å². The van der Waals surface area contributed by atoms with Gasteiger partial charge in [-0.05, 0) is 78.3 Å². The van der Waals surface area contributed by atoms with E-state index in [1.54, 1.807) is 13.2 Å². The molecule has 0 fully saturated rings. The third-order valence-electron chi connectivity index (χ3n) is 5.12. The molecular formula is C25H27FO2. The molecule has 0 spiro atoms. The van der Waals surface area contributed by atoms with Gasteiger partial charge < -0.3 is 9.47 Å². The van der Waals surface area contributed by atoms with Gasteiger partial charge in [0.2, 0.25) is 0 Å². The summed E-state index contributed by atoms with van der Waals surface area (Å²) in [5, 5.41) is 0. The topological polar surface area (TPSA) is 18.5 Å². The summed E-state index contributed by atoms with van der Waals surface area (Å²) in [6, 6.07) is 11.3. The van der Waals surface area contributed by atoms with E-state index in [0.717, 1.165) is 66.5 Å². The van der Waals surface area contributed by atoms with Crippen LogP contribution in [0.2, 0.25) is 0 Å². The first-order valence-electron chi connectivity index (χ1n) is 9.91. The van der Waals surface area contributed by atoms with Gasteiger partial charge in [-0.3, -0.25) is 0 Å². The predicted octanol–water partition coefficient (Wildman–Crippen LogP) is 6.28. The van der Waals surface area contributed by atoms with E-state index in [2.05, 4.69) is 30.9 Å². The summed E-state index contributed by atoms with van der Waals surface area (Å²) < 4.78 is 24.6. The van der Waals surface area contributed by atoms with Crippen LogP contribution >= 0.6 is 0 Å². The number of rotatable bonds is 5. The minimum atomic E-state index is -0.346. The second kappa shape index (κ2) is 9.46. The predicted molar refractivity (Wildman–Crippen MR) is 113 cm³/mol. The Bertz CT molecular complexity index is 931. The van der Waals surface area contributed by atoms with E-state index < -0.39 is 0 Å². The van der Waals surface area contributed by atoms with Crippen LogP contribution in [0.4, 0.5) is 4.39 Å². The molecule has 0 bridgehead atoms. The smallest absolute Gasteiger partial charge is 0.165 e. The van der Waals surface area contributed by atoms with Crippen molar-refractivity contribution >= 4 is 11.1 Å². The van der Waals surface area contributed by atoms with Crippen molar-refractivity contribution in [3.8, 4) is 23.3 Å². The Balaban J connectivity index is 2.16. The lowest BCUT2D eigenvalue weighted by Gasteiger charge is -2.13. The van der Waals surface area contributed by atoms with Crippen LogP contribution in [0.1, 0.15) is 55.7 Å². The van der Waals surface area contributed by atoms with Gasteiger partial charge in [-0.2, -0.15) is 0 Å². The van der Waals surface area contributed by atoms with E-state index in [9.17, 15) is 4.39 Å².